The lowest BCUT2D eigenvalue weighted by Gasteiger charge is -2.20. The van der Waals surface area contributed by atoms with Crippen molar-refractivity contribution in [2.24, 2.45) is 0 Å². The number of rotatable bonds is 4. The van der Waals surface area contributed by atoms with Gasteiger partial charge >= 0.3 is 6.09 Å². The van der Waals surface area contributed by atoms with Crippen LogP contribution in [-0.2, 0) is 11.3 Å². The number of ether oxygens (including phenoxy) is 1. The second-order valence-corrected chi connectivity index (χ2v) is 4.82. The van der Waals surface area contributed by atoms with E-state index >= 15 is 0 Å². The van der Waals surface area contributed by atoms with Gasteiger partial charge in [0.05, 0.1) is 6.54 Å². The molecule has 1 aromatic rings. The average Bonchev–Trinajstić information content (AvgIpc) is 2.54. The number of nitrogens with zero attached hydrogens (tertiary/aromatic N) is 1. The molecule has 0 aliphatic carbocycles. The van der Waals surface area contributed by atoms with Crippen LogP contribution in [0.25, 0.3) is 0 Å². The maximum absolute atomic E-state index is 11.7. The van der Waals surface area contributed by atoms with Gasteiger partial charge in [0, 0.05) is 19.6 Å². The van der Waals surface area contributed by atoms with E-state index < -0.39 is 5.60 Å². The van der Waals surface area contributed by atoms with E-state index in [-0.39, 0.29) is 18.4 Å². The molecule has 1 aliphatic rings. The summed E-state index contributed by atoms with van der Waals surface area (Å²) in [6.07, 6.45) is 0.0456. The summed E-state index contributed by atoms with van der Waals surface area (Å²) in [5.74, 6) is 0.179. The number of carbonyl (C=O) groups excluding carboxylic acids is 1. The molecule has 1 fully saturated rings. The zero-order valence-corrected chi connectivity index (χ0v) is 10.3. The summed E-state index contributed by atoms with van der Waals surface area (Å²) in [5.41, 5.74) is 0.225. The molecule has 18 heavy (non-hydrogen) atoms. The van der Waals surface area contributed by atoms with E-state index in [1.54, 1.807) is 23.1 Å². The van der Waals surface area contributed by atoms with E-state index in [1.165, 1.54) is 0 Å². The Hall–Kier alpha value is -1.75. The van der Waals surface area contributed by atoms with Crippen LogP contribution in [0.1, 0.15) is 18.9 Å². The minimum atomic E-state index is -0.622. The van der Waals surface area contributed by atoms with Crippen LogP contribution in [0.15, 0.2) is 24.3 Å². The average molecular weight is 251 g/mol. The molecule has 5 heteroatoms. The lowest BCUT2D eigenvalue weighted by atomic mass is 10.0. The van der Waals surface area contributed by atoms with E-state index in [9.17, 15) is 9.90 Å². The number of amides is 1. The van der Waals surface area contributed by atoms with Gasteiger partial charge in [-0.2, -0.15) is 0 Å². The number of aromatic hydroxyl groups is 1. The predicted molar refractivity (Wildman–Crippen MR) is 65.1 cm³/mol. The fourth-order valence-corrected chi connectivity index (χ4v) is 2.14. The van der Waals surface area contributed by atoms with Crippen LogP contribution in [0.4, 0.5) is 4.79 Å². The fraction of sp³-hybridized carbons (Fsp3) is 0.462. The summed E-state index contributed by atoms with van der Waals surface area (Å²) in [7, 11) is 0. The van der Waals surface area contributed by atoms with Crippen LogP contribution in [0, 0.1) is 0 Å². The smallest absolute Gasteiger partial charge is 0.410 e. The monoisotopic (exact) mass is 251 g/mol. The largest absolute Gasteiger partial charge is 0.508 e. The third-order valence-corrected chi connectivity index (χ3v) is 3.04. The normalized spacial score (nSPS) is 23.2. The molecule has 5 nitrogen and oxygen atoms in total. The molecule has 1 aromatic carbocycles. The van der Waals surface area contributed by atoms with Gasteiger partial charge in [0.15, 0.2) is 0 Å². The molecule has 1 atom stereocenters. The summed E-state index contributed by atoms with van der Waals surface area (Å²) < 4.78 is 5.27. The Morgan fingerprint density at radius 1 is 1.50 bits per heavy atom. The number of hydrogen-bond acceptors (Lipinski definition) is 4. The van der Waals surface area contributed by atoms with Crippen molar-refractivity contribution in [2.45, 2.75) is 25.5 Å². The lowest BCUT2D eigenvalue weighted by Crippen LogP contribution is -2.32. The molecule has 1 amide bonds. The molecule has 0 spiro atoms. The number of aliphatic hydroxyl groups excluding tert-OH is 1. The first kappa shape index (κ1) is 12.7. The maximum Gasteiger partial charge on any atom is 0.410 e. The van der Waals surface area contributed by atoms with Gasteiger partial charge in [-0.15, -0.1) is 0 Å². The summed E-state index contributed by atoms with van der Waals surface area (Å²) in [4.78, 5) is 13.3. The highest BCUT2D eigenvalue weighted by molar-refractivity contribution is 5.70. The van der Waals surface area contributed by atoms with Crippen LogP contribution in [-0.4, -0.2) is 40.0 Å². The number of carbonyl (C=O) groups is 1. The van der Waals surface area contributed by atoms with Crippen molar-refractivity contribution in [1.29, 1.82) is 0 Å². The number of aliphatic hydroxyl groups is 1. The molecule has 2 rings (SSSR count). The summed E-state index contributed by atoms with van der Waals surface area (Å²) in [6, 6.07) is 6.78. The van der Waals surface area contributed by atoms with E-state index in [2.05, 4.69) is 0 Å². The second kappa shape index (κ2) is 4.86. The maximum atomic E-state index is 11.7. The van der Waals surface area contributed by atoms with Gasteiger partial charge in [0.1, 0.15) is 11.4 Å². The molecule has 1 saturated heterocycles. The molecular weight excluding hydrogens is 234 g/mol. The molecule has 0 radical (unpaired) electrons. The van der Waals surface area contributed by atoms with Gasteiger partial charge < -0.3 is 14.9 Å². The number of phenols is 1. The van der Waals surface area contributed by atoms with Gasteiger partial charge in [-0.25, -0.2) is 4.79 Å². The SMILES string of the molecule is CC1(CCO)CN(Cc2cccc(O)c2)C(=O)O1. The van der Waals surface area contributed by atoms with E-state index in [1.807, 2.05) is 13.0 Å². The summed E-state index contributed by atoms with van der Waals surface area (Å²) >= 11 is 0. The molecule has 2 N–H and O–H groups in total. The third kappa shape index (κ3) is 2.73. The van der Waals surface area contributed by atoms with Crippen LogP contribution in [0.5, 0.6) is 5.75 Å². The molecule has 1 heterocycles. The molecule has 1 unspecified atom stereocenters. The standard InChI is InChI=1S/C13H17NO4/c1-13(5-6-15)9-14(12(17)18-13)8-10-3-2-4-11(16)7-10/h2-4,7,15-16H,5-6,8-9H2,1H3. The Labute approximate surface area is 106 Å². The number of phenolic OH excluding ortho intramolecular Hbond substituents is 1. The van der Waals surface area contributed by atoms with Crippen molar-refractivity contribution in [3.63, 3.8) is 0 Å². The molecule has 98 valence electrons. The van der Waals surface area contributed by atoms with E-state index in [4.69, 9.17) is 9.84 Å². The van der Waals surface area contributed by atoms with Crippen LogP contribution >= 0.6 is 0 Å². The molecule has 0 bridgehead atoms. The molecule has 0 saturated carbocycles. The van der Waals surface area contributed by atoms with Gasteiger partial charge in [-0.1, -0.05) is 12.1 Å². The second-order valence-electron chi connectivity index (χ2n) is 4.82. The lowest BCUT2D eigenvalue weighted by molar-refractivity contribution is 0.0501. The summed E-state index contributed by atoms with van der Waals surface area (Å²) in [5, 5.41) is 18.3. The van der Waals surface area contributed by atoms with Crippen molar-refractivity contribution in [3.05, 3.63) is 29.8 Å². The van der Waals surface area contributed by atoms with Crippen LogP contribution < -0.4 is 0 Å². The van der Waals surface area contributed by atoms with E-state index in [0.717, 1.165) is 5.56 Å². The molecule has 1 aliphatic heterocycles. The van der Waals surface area contributed by atoms with Gasteiger partial charge in [-0.3, -0.25) is 4.90 Å². The van der Waals surface area contributed by atoms with Gasteiger partial charge in [0.2, 0.25) is 0 Å². The first-order valence-electron chi connectivity index (χ1n) is 5.89. The van der Waals surface area contributed by atoms with Crippen molar-refractivity contribution >= 4 is 6.09 Å². The fourth-order valence-electron chi connectivity index (χ4n) is 2.14. The first-order chi connectivity index (χ1) is 8.52. The van der Waals surface area contributed by atoms with Crippen molar-refractivity contribution in [1.82, 2.24) is 4.90 Å². The Bertz CT molecular complexity index is 448. The summed E-state index contributed by atoms with van der Waals surface area (Å²) in [6.45, 7) is 2.64. The number of cyclic esters (lactones) is 1. The minimum absolute atomic E-state index is 0.0102. The zero-order valence-electron chi connectivity index (χ0n) is 10.3. The predicted octanol–water partition coefficient (Wildman–Crippen LogP) is 1.49. The number of benzene rings is 1. The van der Waals surface area contributed by atoms with Crippen molar-refractivity contribution < 1.29 is 19.7 Å². The van der Waals surface area contributed by atoms with Crippen LogP contribution in [0.2, 0.25) is 0 Å². The Morgan fingerprint density at radius 2 is 2.28 bits per heavy atom. The molecule has 0 aromatic heterocycles. The van der Waals surface area contributed by atoms with Crippen LogP contribution in [0.3, 0.4) is 0 Å². The highest BCUT2D eigenvalue weighted by Crippen LogP contribution is 2.27. The minimum Gasteiger partial charge on any atom is -0.508 e. The highest BCUT2D eigenvalue weighted by atomic mass is 16.6. The topological polar surface area (TPSA) is 70.0 Å². The Balaban J connectivity index is 2.05. The van der Waals surface area contributed by atoms with Crippen molar-refractivity contribution in [2.75, 3.05) is 13.2 Å². The van der Waals surface area contributed by atoms with Gasteiger partial charge in [-0.05, 0) is 24.6 Å². The quantitative estimate of drug-likeness (QED) is 0.850. The Morgan fingerprint density at radius 3 is 2.94 bits per heavy atom. The van der Waals surface area contributed by atoms with Crippen molar-refractivity contribution in [3.8, 4) is 5.75 Å². The van der Waals surface area contributed by atoms with Gasteiger partial charge in [0.25, 0.3) is 0 Å². The first-order valence-corrected chi connectivity index (χ1v) is 5.89. The number of hydrogen-bond donors (Lipinski definition) is 2. The van der Waals surface area contributed by atoms with E-state index in [0.29, 0.717) is 19.5 Å². The zero-order chi connectivity index (χ0) is 13.2. The Kier molecular flexibility index (Phi) is 3.43. The third-order valence-electron chi connectivity index (χ3n) is 3.04. The molecular formula is C13H17NO4. The highest BCUT2D eigenvalue weighted by Gasteiger charge is 2.40.